The molecule has 3 aromatic rings. The molecule has 8 nitrogen and oxygen atoms in total. The molecular weight excluding hydrogens is 410 g/mol. The lowest BCUT2D eigenvalue weighted by atomic mass is 10.0. The molecule has 0 aliphatic carbocycles. The second kappa shape index (κ2) is 9.04. The molecular formula is C24H23N3O5. The minimum absolute atomic E-state index is 0.167. The van der Waals surface area contributed by atoms with Gasteiger partial charge in [0.1, 0.15) is 11.9 Å². The van der Waals surface area contributed by atoms with Crippen molar-refractivity contribution in [2.45, 2.75) is 31.0 Å². The fourth-order valence-corrected chi connectivity index (χ4v) is 4.03. The fraction of sp³-hybridized carbons (Fsp3) is 0.292. The van der Waals surface area contributed by atoms with E-state index in [0.29, 0.717) is 25.2 Å². The number of carbonyl (C=O) groups is 1. The van der Waals surface area contributed by atoms with Gasteiger partial charge in [-0.1, -0.05) is 48.5 Å². The summed E-state index contributed by atoms with van der Waals surface area (Å²) in [5.41, 5.74) is 0.995. The monoisotopic (exact) mass is 433 g/mol. The third-order valence-electron chi connectivity index (χ3n) is 5.70. The number of nitrogens with zero attached hydrogens (tertiary/aromatic N) is 2. The minimum atomic E-state index is -0.453. The van der Waals surface area contributed by atoms with Gasteiger partial charge >= 0.3 is 5.69 Å². The van der Waals surface area contributed by atoms with Gasteiger partial charge in [0.25, 0.3) is 5.91 Å². The molecule has 3 heterocycles. The third kappa shape index (κ3) is 4.34. The Kier molecular flexibility index (Phi) is 5.81. The summed E-state index contributed by atoms with van der Waals surface area (Å²) in [6, 6.07) is 19.9. The van der Waals surface area contributed by atoms with Crippen LogP contribution in [0.5, 0.6) is 0 Å². The van der Waals surface area contributed by atoms with E-state index in [0.717, 1.165) is 5.56 Å². The molecule has 2 aromatic carbocycles. The van der Waals surface area contributed by atoms with Crippen molar-refractivity contribution in [3.05, 3.63) is 94.5 Å². The van der Waals surface area contributed by atoms with E-state index in [9.17, 15) is 9.59 Å². The van der Waals surface area contributed by atoms with Crippen molar-refractivity contribution < 1.29 is 19.0 Å². The van der Waals surface area contributed by atoms with Gasteiger partial charge in [-0.2, -0.15) is 4.98 Å². The SMILES string of the molecule is O=C(Nc1ccn([C@@H]2CO[C@@H]3COC(c4ccccc4)O[C@H]3C2)c(=O)n1)c1ccccc1. The minimum Gasteiger partial charge on any atom is -0.371 e. The maximum Gasteiger partial charge on any atom is 0.349 e. The first kappa shape index (κ1) is 20.6. The van der Waals surface area contributed by atoms with E-state index in [-0.39, 0.29) is 30.0 Å². The highest BCUT2D eigenvalue weighted by Gasteiger charge is 2.39. The summed E-state index contributed by atoms with van der Waals surface area (Å²) in [5.74, 6) is -0.109. The quantitative estimate of drug-likeness (QED) is 0.680. The maximum atomic E-state index is 12.7. The van der Waals surface area contributed by atoms with Gasteiger partial charge < -0.3 is 19.5 Å². The van der Waals surface area contributed by atoms with Crippen LogP contribution in [0.15, 0.2) is 77.7 Å². The van der Waals surface area contributed by atoms with Gasteiger partial charge in [0.15, 0.2) is 6.29 Å². The zero-order chi connectivity index (χ0) is 21.9. The maximum absolute atomic E-state index is 12.7. The summed E-state index contributed by atoms with van der Waals surface area (Å²) in [4.78, 5) is 29.0. The number of aromatic nitrogens is 2. The van der Waals surface area contributed by atoms with E-state index in [1.165, 1.54) is 4.57 Å². The first-order valence-corrected chi connectivity index (χ1v) is 10.6. The predicted octanol–water partition coefficient (Wildman–Crippen LogP) is 2.94. The van der Waals surface area contributed by atoms with Gasteiger partial charge in [0.2, 0.25) is 0 Å². The Balaban J connectivity index is 1.27. The van der Waals surface area contributed by atoms with Crippen LogP contribution in [0.2, 0.25) is 0 Å². The second-order valence-electron chi connectivity index (χ2n) is 7.83. The Morgan fingerprint density at radius 2 is 1.69 bits per heavy atom. The molecule has 8 heteroatoms. The average Bonchev–Trinajstić information content (AvgIpc) is 2.84. The smallest absolute Gasteiger partial charge is 0.349 e. The number of amides is 1. The van der Waals surface area contributed by atoms with Crippen LogP contribution < -0.4 is 11.0 Å². The number of benzene rings is 2. The zero-order valence-corrected chi connectivity index (χ0v) is 17.3. The molecule has 32 heavy (non-hydrogen) atoms. The highest BCUT2D eigenvalue weighted by molar-refractivity contribution is 6.03. The van der Waals surface area contributed by atoms with Crippen LogP contribution in [-0.4, -0.2) is 40.9 Å². The standard InChI is InChI=1S/C24H23N3O5/c28-22(16-7-3-1-4-8-16)25-21-11-12-27(24(29)26-21)18-13-19-20(30-14-18)15-31-23(32-19)17-9-5-2-6-10-17/h1-12,18-20,23H,13-15H2,(H,25,26,28,29)/t18-,19-,20+,23?/m0/s1. The van der Waals surface area contributed by atoms with Crippen LogP contribution in [0.3, 0.4) is 0 Å². The summed E-state index contributed by atoms with van der Waals surface area (Å²) in [6.07, 6.45) is 1.43. The van der Waals surface area contributed by atoms with E-state index in [2.05, 4.69) is 10.3 Å². The third-order valence-corrected chi connectivity index (χ3v) is 5.70. The zero-order valence-electron chi connectivity index (χ0n) is 17.3. The molecule has 0 saturated carbocycles. The van der Waals surface area contributed by atoms with Gasteiger partial charge in [0, 0.05) is 17.3 Å². The number of hydrogen-bond acceptors (Lipinski definition) is 6. The second-order valence-corrected chi connectivity index (χ2v) is 7.83. The Hall–Kier alpha value is -3.33. The first-order valence-electron chi connectivity index (χ1n) is 10.6. The van der Waals surface area contributed by atoms with E-state index in [1.807, 2.05) is 36.4 Å². The molecule has 4 atom stereocenters. The number of hydrogen-bond donors (Lipinski definition) is 1. The Morgan fingerprint density at radius 3 is 2.44 bits per heavy atom. The van der Waals surface area contributed by atoms with Crippen molar-refractivity contribution in [3.8, 4) is 0 Å². The predicted molar refractivity (Wildman–Crippen MR) is 116 cm³/mol. The number of carbonyl (C=O) groups excluding carboxylic acids is 1. The number of ether oxygens (including phenoxy) is 3. The van der Waals surface area contributed by atoms with E-state index < -0.39 is 12.0 Å². The van der Waals surface area contributed by atoms with E-state index in [1.54, 1.807) is 36.5 Å². The van der Waals surface area contributed by atoms with Crippen LogP contribution in [-0.2, 0) is 14.2 Å². The van der Waals surface area contributed by atoms with E-state index >= 15 is 0 Å². The number of fused-ring (bicyclic) bond motifs is 1. The number of nitrogens with one attached hydrogen (secondary N) is 1. The Bertz CT molecular complexity index is 1140. The molecule has 1 amide bonds. The largest absolute Gasteiger partial charge is 0.371 e. The van der Waals surface area contributed by atoms with Gasteiger partial charge in [-0.25, -0.2) is 4.79 Å². The van der Waals surface area contributed by atoms with Crippen LogP contribution in [0.1, 0.15) is 34.7 Å². The normalized spacial score (nSPS) is 25.0. The molecule has 2 aliphatic rings. The molecule has 0 spiro atoms. The highest BCUT2D eigenvalue weighted by atomic mass is 16.7. The first-order chi connectivity index (χ1) is 15.7. The van der Waals surface area contributed by atoms with Crippen molar-refractivity contribution in [1.29, 1.82) is 0 Å². The summed E-state index contributed by atoms with van der Waals surface area (Å²) in [7, 11) is 0. The van der Waals surface area contributed by atoms with E-state index in [4.69, 9.17) is 14.2 Å². The van der Waals surface area contributed by atoms with Crippen LogP contribution in [0.4, 0.5) is 5.82 Å². The number of rotatable bonds is 4. The molecule has 2 aliphatic heterocycles. The van der Waals surface area contributed by atoms with Crippen molar-refractivity contribution in [1.82, 2.24) is 9.55 Å². The molecule has 164 valence electrons. The van der Waals surface area contributed by atoms with Gasteiger partial charge in [0.05, 0.1) is 25.4 Å². The van der Waals surface area contributed by atoms with Crippen molar-refractivity contribution >= 4 is 11.7 Å². The molecule has 0 radical (unpaired) electrons. The lowest BCUT2D eigenvalue weighted by Crippen LogP contribution is -2.49. The summed E-state index contributed by atoms with van der Waals surface area (Å²) in [5, 5.41) is 2.66. The topological polar surface area (TPSA) is 91.7 Å². The fourth-order valence-electron chi connectivity index (χ4n) is 4.03. The Labute approximate surface area is 184 Å². The lowest BCUT2D eigenvalue weighted by molar-refractivity contribution is -0.282. The highest BCUT2D eigenvalue weighted by Crippen LogP contribution is 2.34. The van der Waals surface area contributed by atoms with Crippen molar-refractivity contribution in [3.63, 3.8) is 0 Å². The number of anilines is 1. The molecule has 0 bridgehead atoms. The molecule has 1 aromatic heterocycles. The molecule has 2 fully saturated rings. The average molecular weight is 433 g/mol. The summed E-state index contributed by atoms with van der Waals surface area (Å²) < 4.78 is 19.4. The Morgan fingerprint density at radius 1 is 0.938 bits per heavy atom. The molecule has 5 rings (SSSR count). The van der Waals surface area contributed by atoms with Gasteiger partial charge in [-0.3, -0.25) is 9.36 Å². The van der Waals surface area contributed by atoms with Crippen LogP contribution >= 0.6 is 0 Å². The van der Waals surface area contributed by atoms with Gasteiger partial charge in [-0.05, 0) is 24.6 Å². The van der Waals surface area contributed by atoms with Gasteiger partial charge in [-0.15, -0.1) is 0 Å². The molecule has 1 unspecified atom stereocenters. The van der Waals surface area contributed by atoms with Crippen LogP contribution in [0, 0.1) is 0 Å². The summed E-state index contributed by atoms with van der Waals surface area (Å²) >= 11 is 0. The van der Waals surface area contributed by atoms with Crippen molar-refractivity contribution in [2.24, 2.45) is 0 Å². The van der Waals surface area contributed by atoms with Crippen LogP contribution in [0.25, 0.3) is 0 Å². The van der Waals surface area contributed by atoms with Crippen molar-refractivity contribution in [2.75, 3.05) is 18.5 Å². The lowest BCUT2D eigenvalue weighted by Gasteiger charge is -2.42. The molecule has 2 saturated heterocycles. The molecule has 1 N–H and O–H groups in total. The summed E-state index contributed by atoms with van der Waals surface area (Å²) in [6.45, 7) is 0.801.